The molecule has 11 atom stereocenters. The Kier molecular flexibility index (Phi) is 10.4. The molecule has 30 heteroatoms. The summed E-state index contributed by atoms with van der Waals surface area (Å²) in [6.45, 7) is -6.08. The minimum Gasteiger partial charge on any atom is -0.387 e. The van der Waals surface area contributed by atoms with Gasteiger partial charge in [-0.25, -0.2) is 18.4 Å². The zero-order valence-corrected chi connectivity index (χ0v) is 29.8. The molecule has 52 heavy (non-hydrogen) atoms. The maximum atomic E-state index is 12.7. The zero-order chi connectivity index (χ0) is 38.1. The SMILES string of the molecule is Cn1c[n+]([C@@H]2O[C@H](COP(=O)(O)CP(=O)(O)OP(=O)(O)SC[C@H]3O[C@@H](n4cnc5c(=O)[nH]c(N)nc54)C(O)[C@H]3O)C(O)[C@@H]2O)c2nc(N)[nH]c(=O)c21. The maximum Gasteiger partial charge on any atom is 0.393 e. The lowest BCUT2D eigenvalue weighted by molar-refractivity contribution is -0.745. The van der Waals surface area contributed by atoms with Gasteiger partial charge in [-0.15, -0.1) is 0 Å². The number of hydrogen-bond acceptors (Lipinski definition) is 19. The number of ether oxygens (including phenoxy) is 2. The van der Waals surface area contributed by atoms with E-state index in [1.54, 1.807) is 0 Å². The molecule has 2 aliphatic rings. The third kappa shape index (κ3) is 7.62. The molecule has 2 fully saturated rings. The number of aliphatic hydroxyl groups is 4. The number of aromatic nitrogens is 8. The highest BCUT2D eigenvalue weighted by atomic mass is 32.7. The Labute approximate surface area is 292 Å². The maximum absolute atomic E-state index is 12.7. The van der Waals surface area contributed by atoms with Crippen LogP contribution in [0.3, 0.4) is 0 Å². The quantitative estimate of drug-likeness (QED) is 0.0484. The van der Waals surface area contributed by atoms with E-state index in [0.717, 1.165) is 10.9 Å². The highest BCUT2D eigenvalue weighted by Crippen LogP contribution is 2.70. The van der Waals surface area contributed by atoms with Gasteiger partial charge in [0.2, 0.25) is 17.7 Å². The van der Waals surface area contributed by atoms with E-state index in [0.29, 0.717) is 0 Å². The molecule has 26 nitrogen and oxygen atoms in total. The third-order valence-corrected chi connectivity index (χ3v) is 16.0. The monoisotopic (exact) mass is 817 g/mol. The van der Waals surface area contributed by atoms with Crippen LogP contribution in [0.25, 0.3) is 22.3 Å². The van der Waals surface area contributed by atoms with Crippen LogP contribution in [0.5, 0.6) is 0 Å². The van der Waals surface area contributed by atoms with Gasteiger partial charge in [-0.2, -0.15) is 4.98 Å². The van der Waals surface area contributed by atoms with E-state index < -0.39 is 100 Å². The number of nitrogens with one attached hydrogen (secondary N) is 2. The van der Waals surface area contributed by atoms with Crippen LogP contribution in [0.2, 0.25) is 0 Å². The van der Waals surface area contributed by atoms with Gasteiger partial charge < -0.3 is 60.6 Å². The number of aromatic amines is 2. The second-order valence-corrected chi connectivity index (χ2v) is 20.0. The molecule has 2 aliphatic heterocycles. The Balaban J connectivity index is 1.05. The van der Waals surface area contributed by atoms with Crippen LogP contribution >= 0.6 is 33.4 Å². The highest BCUT2D eigenvalue weighted by molar-refractivity contribution is 8.55. The Morgan fingerprint density at radius 2 is 1.60 bits per heavy atom. The van der Waals surface area contributed by atoms with E-state index in [4.69, 9.17) is 25.5 Å². The number of fused-ring (bicyclic) bond motifs is 2. The lowest BCUT2D eigenvalue weighted by Gasteiger charge is -2.21. The summed E-state index contributed by atoms with van der Waals surface area (Å²) in [6.07, 6.45) is -10.1. The van der Waals surface area contributed by atoms with Gasteiger partial charge >= 0.3 is 27.6 Å². The van der Waals surface area contributed by atoms with Gasteiger partial charge in [-0.3, -0.25) is 37.8 Å². The first-order valence-corrected chi connectivity index (χ1v) is 21.3. The molecule has 0 aliphatic carbocycles. The first kappa shape index (κ1) is 38.6. The molecule has 0 bridgehead atoms. The predicted molar refractivity (Wildman–Crippen MR) is 174 cm³/mol. The fourth-order valence-electron chi connectivity index (χ4n) is 5.61. The molecule has 13 N–H and O–H groups in total. The molecular formula is C22H32N10O16P3S+. The van der Waals surface area contributed by atoms with E-state index in [1.165, 1.54) is 22.5 Å². The van der Waals surface area contributed by atoms with E-state index >= 15 is 0 Å². The number of nitrogen functional groups attached to an aromatic ring is 2. The summed E-state index contributed by atoms with van der Waals surface area (Å²) in [5, 5.41) is 42.3. The molecular weight excluding hydrogens is 785 g/mol. The normalized spacial score (nSPS) is 30.1. The number of nitrogens with two attached hydrogens (primary N) is 2. The van der Waals surface area contributed by atoms with Crippen molar-refractivity contribution >= 4 is 67.6 Å². The Morgan fingerprint density at radius 3 is 2.31 bits per heavy atom. The highest BCUT2D eigenvalue weighted by Gasteiger charge is 2.49. The van der Waals surface area contributed by atoms with Crippen LogP contribution < -0.4 is 27.2 Å². The van der Waals surface area contributed by atoms with Gasteiger partial charge in [0.25, 0.3) is 17.1 Å². The summed E-state index contributed by atoms with van der Waals surface area (Å²) in [5.74, 6) is -2.85. The Hall–Kier alpha value is -3.10. The molecule has 0 saturated carbocycles. The van der Waals surface area contributed by atoms with Crippen molar-refractivity contribution < 1.29 is 71.7 Å². The molecule has 0 spiro atoms. The molecule has 0 radical (unpaired) electrons. The van der Waals surface area contributed by atoms with E-state index in [-0.39, 0.29) is 45.6 Å². The van der Waals surface area contributed by atoms with Gasteiger partial charge in [0.15, 0.2) is 29.6 Å². The average Bonchev–Trinajstić information content (AvgIpc) is 3.74. The van der Waals surface area contributed by atoms with Crippen molar-refractivity contribution in [1.82, 2.24) is 34.1 Å². The topological polar surface area (TPSA) is 400 Å². The summed E-state index contributed by atoms with van der Waals surface area (Å²) in [5.41, 5.74) is 9.63. The third-order valence-electron chi connectivity index (χ3n) is 7.89. The summed E-state index contributed by atoms with van der Waals surface area (Å²) in [6, 6.07) is 0. The van der Waals surface area contributed by atoms with Crippen molar-refractivity contribution in [2.75, 3.05) is 29.7 Å². The van der Waals surface area contributed by atoms with Gasteiger partial charge in [-0.1, -0.05) is 4.98 Å². The first-order valence-electron chi connectivity index (χ1n) is 14.7. The number of anilines is 2. The number of imidazole rings is 2. The molecule has 0 aromatic carbocycles. The van der Waals surface area contributed by atoms with Crippen LogP contribution in [-0.2, 0) is 39.1 Å². The number of nitrogens with zero attached hydrogens (tertiary/aromatic N) is 6. The van der Waals surface area contributed by atoms with E-state index in [9.17, 15) is 58.4 Å². The zero-order valence-electron chi connectivity index (χ0n) is 26.3. The van der Waals surface area contributed by atoms with Crippen molar-refractivity contribution in [1.29, 1.82) is 0 Å². The molecule has 4 aromatic heterocycles. The lowest BCUT2D eigenvalue weighted by atomic mass is 10.1. The first-order chi connectivity index (χ1) is 24.2. The van der Waals surface area contributed by atoms with Gasteiger partial charge in [0.05, 0.1) is 26.1 Å². The minimum absolute atomic E-state index is 0.00746. The van der Waals surface area contributed by atoms with Crippen molar-refractivity contribution in [3.8, 4) is 0 Å². The van der Waals surface area contributed by atoms with Crippen LogP contribution in [0, 0.1) is 0 Å². The molecule has 2 saturated heterocycles. The van der Waals surface area contributed by atoms with Crippen LogP contribution in [0.4, 0.5) is 11.9 Å². The molecule has 286 valence electrons. The van der Waals surface area contributed by atoms with Crippen molar-refractivity contribution in [2.45, 2.75) is 49.1 Å². The van der Waals surface area contributed by atoms with Crippen LogP contribution in [0.1, 0.15) is 12.5 Å². The summed E-state index contributed by atoms with van der Waals surface area (Å²) < 4.78 is 62.3. The van der Waals surface area contributed by atoms with E-state index in [1.807, 2.05) is 0 Å². The Bertz CT molecular complexity index is 2280. The second kappa shape index (κ2) is 14.0. The molecule has 0 amide bonds. The van der Waals surface area contributed by atoms with Crippen LogP contribution in [0.15, 0.2) is 22.2 Å². The molecule has 4 aromatic rings. The smallest absolute Gasteiger partial charge is 0.387 e. The lowest BCUT2D eigenvalue weighted by Crippen LogP contribution is -2.46. The van der Waals surface area contributed by atoms with Gasteiger partial charge in [0, 0.05) is 5.75 Å². The number of aliphatic hydroxyl groups excluding tert-OH is 4. The summed E-state index contributed by atoms with van der Waals surface area (Å²) in [4.78, 5) is 71.6. The summed E-state index contributed by atoms with van der Waals surface area (Å²) in [7, 11) is -9.05. The van der Waals surface area contributed by atoms with Crippen molar-refractivity contribution in [3.05, 3.63) is 33.4 Å². The number of rotatable bonds is 12. The van der Waals surface area contributed by atoms with Crippen LogP contribution in [-0.4, -0.2) is 124 Å². The fourth-order valence-corrected chi connectivity index (χ4v) is 13.3. The van der Waals surface area contributed by atoms with Gasteiger partial charge in [-0.05, 0) is 11.4 Å². The average molecular weight is 818 g/mol. The summed E-state index contributed by atoms with van der Waals surface area (Å²) >= 11 is -0.00746. The molecule has 6 heterocycles. The standard InChI is InChI=1S/C22H31N10O16P3S/c1-30-5-32(16-10(30)18(38)29-22(24)27-16)20-13(35)11(33)7(46-20)2-45-49(39,40)6-50(41,42)48-51(43,44)52-3-8-12(34)14(36)19(47-8)31-4-25-9-15(31)26-21(23)28-17(9)37/h4-5,7-8,11-14,19-20,33-36H,2-3,6H2,1H3,(H8-,23,24,26,27,28,29,37,38,39,40,41,42,43,44)/p+1/t7-,8-,11?,12+,13+,14?,19-,20-/m1/s1. The number of H-pyrrole nitrogens is 2. The number of aryl methyl sites for hydroxylation is 1. The Morgan fingerprint density at radius 1 is 0.942 bits per heavy atom. The predicted octanol–water partition coefficient (Wildman–Crippen LogP) is -3.72. The fraction of sp³-hybridized carbons (Fsp3) is 0.545. The molecule has 6 rings (SSSR count). The number of hydrogen-bond donors (Lipinski definition) is 11. The minimum atomic E-state index is -5.40. The van der Waals surface area contributed by atoms with Crippen molar-refractivity contribution in [3.63, 3.8) is 0 Å². The van der Waals surface area contributed by atoms with E-state index in [2.05, 4.69) is 29.2 Å². The molecule has 5 unspecified atom stereocenters. The van der Waals surface area contributed by atoms with Gasteiger partial charge in [0.1, 0.15) is 30.5 Å². The second-order valence-electron chi connectivity index (χ2n) is 11.7. The van der Waals surface area contributed by atoms with Crippen molar-refractivity contribution in [2.24, 2.45) is 7.05 Å². The largest absolute Gasteiger partial charge is 0.393 e.